The summed E-state index contributed by atoms with van der Waals surface area (Å²) in [6.07, 6.45) is 1.95. The molecule has 2 aromatic rings. The highest BCUT2D eigenvalue weighted by Gasteiger charge is 2.24. The molecule has 4 heteroatoms. The van der Waals surface area contributed by atoms with Gasteiger partial charge in [0.15, 0.2) is 5.65 Å². The van der Waals surface area contributed by atoms with Crippen molar-refractivity contribution in [2.45, 2.75) is 39.7 Å². The summed E-state index contributed by atoms with van der Waals surface area (Å²) in [6.45, 7) is 8.18. The number of imidazole rings is 1. The van der Waals surface area contributed by atoms with Gasteiger partial charge in [0.05, 0.1) is 23.0 Å². The predicted molar refractivity (Wildman–Crippen MR) is 69.6 cm³/mol. The SMILES string of the molecule is Cc1cc(Cl)c2nc(C(C)(C)C)c(CO)n2c1. The van der Waals surface area contributed by atoms with E-state index in [0.29, 0.717) is 10.7 Å². The second-order valence-electron chi connectivity index (χ2n) is 5.37. The standard InChI is InChI=1S/C13H17ClN2O/c1-8-5-9(14)12-15-11(13(2,3)4)10(7-17)16(12)6-8/h5-6,17H,7H2,1-4H3. The number of nitrogens with zero attached hydrogens (tertiary/aromatic N) is 2. The van der Waals surface area contributed by atoms with Crippen LogP contribution in [0.15, 0.2) is 12.3 Å². The fraction of sp³-hybridized carbons (Fsp3) is 0.462. The molecule has 0 bridgehead atoms. The minimum absolute atomic E-state index is 0.0342. The lowest BCUT2D eigenvalue weighted by molar-refractivity contribution is 0.272. The molecule has 17 heavy (non-hydrogen) atoms. The highest BCUT2D eigenvalue weighted by atomic mass is 35.5. The molecular formula is C13H17ClN2O. The summed E-state index contributed by atoms with van der Waals surface area (Å²) in [5.41, 5.74) is 3.37. The van der Waals surface area contributed by atoms with Gasteiger partial charge in [-0.3, -0.25) is 4.40 Å². The molecular weight excluding hydrogens is 236 g/mol. The van der Waals surface area contributed by atoms with Gasteiger partial charge in [0.25, 0.3) is 0 Å². The first-order valence-corrected chi connectivity index (χ1v) is 6.01. The number of aliphatic hydroxyl groups is 1. The van der Waals surface area contributed by atoms with Crippen molar-refractivity contribution in [3.05, 3.63) is 34.2 Å². The molecule has 0 aromatic carbocycles. The normalized spacial score (nSPS) is 12.4. The van der Waals surface area contributed by atoms with Gasteiger partial charge in [0.2, 0.25) is 0 Å². The van der Waals surface area contributed by atoms with Gasteiger partial charge in [-0.2, -0.15) is 0 Å². The van der Waals surface area contributed by atoms with Crippen molar-refractivity contribution in [1.29, 1.82) is 0 Å². The Labute approximate surface area is 106 Å². The lowest BCUT2D eigenvalue weighted by Crippen LogP contribution is -2.14. The smallest absolute Gasteiger partial charge is 0.156 e. The van der Waals surface area contributed by atoms with Crippen LogP contribution in [-0.4, -0.2) is 14.5 Å². The minimum atomic E-state index is -0.110. The summed E-state index contributed by atoms with van der Waals surface area (Å²) in [5.74, 6) is 0. The van der Waals surface area contributed by atoms with E-state index in [9.17, 15) is 5.11 Å². The van der Waals surface area contributed by atoms with Gasteiger partial charge < -0.3 is 5.11 Å². The van der Waals surface area contributed by atoms with Crippen LogP contribution in [0.4, 0.5) is 0 Å². The van der Waals surface area contributed by atoms with E-state index in [1.54, 1.807) is 0 Å². The van der Waals surface area contributed by atoms with Crippen molar-refractivity contribution in [2.24, 2.45) is 0 Å². The van der Waals surface area contributed by atoms with Crippen LogP contribution in [0, 0.1) is 6.92 Å². The van der Waals surface area contributed by atoms with Crippen molar-refractivity contribution < 1.29 is 5.11 Å². The lowest BCUT2D eigenvalue weighted by atomic mass is 9.91. The molecule has 0 radical (unpaired) electrons. The maximum absolute atomic E-state index is 9.55. The number of hydrogen-bond acceptors (Lipinski definition) is 2. The third-order valence-electron chi connectivity index (χ3n) is 2.77. The van der Waals surface area contributed by atoms with Crippen LogP contribution in [0.5, 0.6) is 0 Å². The summed E-state index contributed by atoms with van der Waals surface area (Å²) in [4.78, 5) is 4.57. The molecule has 0 fully saturated rings. The summed E-state index contributed by atoms with van der Waals surface area (Å²) in [6, 6.07) is 1.89. The van der Waals surface area contributed by atoms with Gasteiger partial charge >= 0.3 is 0 Å². The van der Waals surface area contributed by atoms with Crippen molar-refractivity contribution in [3.63, 3.8) is 0 Å². The molecule has 3 nitrogen and oxygen atoms in total. The van der Waals surface area contributed by atoms with E-state index in [2.05, 4.69) is 25.8 Å². The Morgan fingerprint density at radius 2 is 2.06 bits per heavy atom. The maximum Gasteiger partial charge on any atom is 0.156 e. The third-order valence-corrected chi connectivity index (χ3v) is 3.05. The minimum Gasteiger partial charge on any atom is -0.390 e. The van der Waals surface area contributed by atoms with Crippen LogP contribution in [-0.2, 0) is 12.0 Å². The van der Waals surface area contributed by atoms with E-state index >= 15 is 0 Å². The molecule has 0 saturated heterocycles. The molecule has 2 aromatic heterocycles. The van der Waals surface area contributed by atoms with Gasteiger partial charge in [0.1, 0.15) is 0 Å². The zero-order valence-corrected chi connectivity index (χ0v) is 11.3. The number of aryl methyl sites for hydroxylation is 1. The van der Waals surface area contributed by atoms with E-state index in [0.717, 1.165) is 17.0 Å². The Hall–Kier alpha value is -1.06. The molecule has 0 aliphatic carbocycles. The zero-order chi connectivity index (χ0) is 12.8. The monoisotopic (exact) mass is 252 g/mol. The van der Waals surface area contributed by atoms with Crippen molar-refractivity contribution in [3.8, 4) is 0 Å². The summed E-state index contributed by atoms with van der Waals surface area (Å²) in [7, 11) is 0. The van der Waals surface area contributed by atoms with Crippen LogP contribution < -0.4 is 0 Å². The molecule has 0 spiro atoms. The molecule has 92 valence electrons. The lowest BCUT2D eigenvalue weighted by Gasteiger charge is -2.16. The van der Waals surface area contributed by atoms with Crippen LogP contribution in [0.25, 0.3) is 5.65 Å². The highest BCUT2D eigenvalue weighted by molar-refractivity contribution is 6.33. The second-order valence-corrected chi connectivity index (χ2v) is 5.78. The van der Waals surface area contributed by atoms with Crippen molar-refractivity contribution >= 4 is 17.2 Å². The predicted octanol–water partition coefficient (Wildman–Crippen LogP) is 3.09. The van der Waals surface area contributed by atoms with Crippen LogP contribution in [0.2, 0.25) is 5.02 Å². The molecule has 2 rings (SSSR count). The first-order valence-electron chi connectivity index (χ1n) is 5.63. The number of fused-ring (bicyclic) bond motifs is 1. The average molecular weight is 253 g/mol. The molecule has 0 aliphatic rings. The summed E-state index contributed by atoms with van der Waals surface area (Å²) >= 11 is 6.19. The van der Waals surface area contributed by atoms with E-state index in [-0.39, 0.29) is 12.0 Å². The van der Waals surface area contributed by atoms with Gasteiger partial charge in [0, 0.05) is 11.6 Å². The largest absolute Gasteiger partial charge is 0.390 e. The van der Waals surface area contributed by atoms with E-state index < -0.39 is 0 Å². The number of aromatic nitrogens is 2. The molecule has 0 saturated carbocycles. The van der Waals surface area contributed by atoms with Gasteiger partial charge in [-0.1, -0.05) is 32.4 Å². The number of halogens is 1. The molecule has 0 amide bonds. The Balaban J connectivity index is 2.85. The fourth-order valence-corrected chi connectivity index (χ4v) is 2.34. The molecule has 0 atom stereocenters. The Morgan fingerprint density at radius 1 is 1.41 bits per heavy atom. The van der Waals surface area contributed by atoms with Crippen molar-refractivity contribution in [1.82, 2.24) is 9.38 Å². The van der Waals surface area contributed by atoms with Crippen LogP contribution in [0.1, 0.15) is 37.7 Å². The van der Waals surface area contributed by atoms with Gasteiger partial charge in [-0.05, 0) is 18.6 Å². The second kappa shape index (κ2) is 4.00. The summed E-state index contributed by atoms with van der Waals surface area (Å²) in [5, 5.41) is 10.2. The number of rotatable bonds is 1. The molecule has 0 aliphatic heterocycles. The molecule has 0 unspecified atom stereocenters. The summed E-state index contributed by atoms with van der Waals surface area (Å²) < 4.78 is 1.89. The maximum atomic E-state index is 9.55. The zero-order valence-electron chi connectivity index (χ0n) is 10.6. The number of aliphatic hydroxyl groups excluding tert-OH is 1. The first-order chi connectivity index (χ1) is 7.84. The third kappa shape index (κ3) is 2.05. The van der Waals surface area contributed by atoms with E-state index in [1.165, 1.54) is 0 Å². The van der Waals surface area contributed by atoms with Crippen LogP contribution >= 0.6 is 11.6 Å². The Kier molecular flexibility index (Phi) is 2.92. The van der Waals surface area contributed by atoms with Crippen LogP contribution in [0.3, 0.4) is 0 Å². The number of pyridine rings is 1. The van der Waals surface area contributed by atoms with Gasteiger partial charge in [-0.25, -0.2) is 4.98 Å². The quantitative estimate of drug-likeness (QED) is 0.847. The highest BCUT2D eigenvalue weighted by Crippen LogP contribution is 2.29. The Morgan fingerprint density at radius 3 is 2.59 bits per heavy atom. The van der Waals surface area contributed by atoms with E-state index in [1.807, 2.05) is 23.6 Å². The van der Waals surface area contributed by atoms with Gasteiger partial charge in [-0.15, -0.1) is 0 Å². The molecule has 2 heterocycles. The topological polar surface area (TPSA) is 37.5 Å². The van der Waals surface area contributed by atoms with Crippen molar-refractivity contribution in [2.75, 3.05) is 0 Å². The van der Waals surface area contributed by atoms with E-state index in [4.69, 9.17) is 11.6 Å². The Bertz CT molecular complexity index is 567. The molecule has 1 N–H and O–H groups in total. The fourth-order valence-electron chi connectivity index (χ4n) is 2.03. The average Bonchev–Trinajstić information content (AvgIpc) is 2.55. The number of hydrogen-bond donors (Lipinski definition) is 1. The first kappa shape index (κ1) is 12.4.